The maximum absolute atomic E-state index is 11.8. The van der Waals surface area contributed by atoms with Crippen LogP contribution in [-0.2, 0) is 19.4 Å². The van der Waals surface area contributed by atoms with Crippen LogP contribution in [0.25, 0.3) is 0 Å². The summed E-state index contributed by atoms with van der Waals surface area (Å²) in [6, 6.07) is 11.1. The monoisotopic (exact) mass is 614 g/mol. The molecule has 6 rings (SSSR count). The topological polar surface area (TPSA) is 120 Å². The standard InChI is InChI=1S/C35H42N4O6/c1-18-32(42-4)21-14-24-29-28-22(33(43-5)19(2)35(45-7)31(28)41)13-23(38(29)3)25(15-36)39(24)26(27(21)30(40)34(18)44-6)17-37-16-20-11-9-8-10-12-20/h8-12,23-26,29,37,40-41H,13-14,16-17H2,1-7H3/t23-,24-,25-,26-,29-/m0/s1. The first-order valence-electron chi connectivity index (χ1n) is 15.3. The average molecular weight is 615 g/mol. The molecule has 0 unspecified atom stereocenters. The summed E-state index contributed by atoms with van der Waals surface area (Å²) in [7, 11) is 8.40. The van der Waals surface area contributed by atoms with Gasteiger partial charge >= 0.3 is 0 Å². The van der Waals surface area contributed by atoms with Gasteiger partial charge in [-0.05, 0) is 39.3 Å². The normalized spacial score (nSPS) is 23.7. The van der Waals surface area contributed by atoms with E-state index in [1.54, 1.807) is 28.4 Å². The molecule has 0 spiro atoms. The molecule has 5 atom stereocenters. The number of methoxy groups -OCH3 is 4. The van der Waals surface area contributed by atoms with Gasteiger partial charge in [0, 0.05) is 58.6 Å². The van der Waals surface area contributed by atoms with Crippen molar-refractivity contribution in [1.82, 2.24) is 15.1 Å². The maximum atomic E-state index is 11.8. The van der Waals surface area contributed by atoms with Crippen molar-refractivity contribution in [2.45, 2.75) is 63.4 Å². The van der Waals surface area contributed by atoms with E-state index < -0.39 is 12.1 Å². The van der Waals surface area contributed by atoms with Gasteiger partial charge in [-0.1, -0.05) is 30.3 Å². The summed E-state index contributed by atoms with van der Waals surface area (Å²) in [5, 5.41) is 38.0. The molecule has 0 aromatic heterocycles. The summed E-state index contributed by atoms with van der Waals surface area (Å²) >= 11 is 0. The van der Waals surface area contributed by atoms with Gasteiger partial charge in [0.05, 0.1) is 46.6 Å². The number of nitrogens with zero attached hydrogens (tertiary/aromatic N) is 3. The number of nitrogens with one attached hydrogen (secondary N) is 1. The second-order valence-corrected chi connectivity index (χ2v) is 12.2. The third-order valence-corrected chi connectivity index (χ3v) is 10.2. The van der Waals surface area contributed by atoms with Gasteiger partial charge in [0.15, 0.2) is 23.0 Å². The van der Waals surface area contributed by atoms with E-state index in [4.69, 9.17) is 18.9 Å². The van der Waals surface area contributed by atoms with Crippen molar-refractivity contribution >= 4 is 0 Å². The van der Waals surface area contributed by atoms with Crippen LogP contribution in [0.15, 0.2) is 30.3 Å². The first-order valence-corrected chi connectivity index (χ1v) is 15.3. The van der Waals surface area contributed by atoms with Crippen LogP contribution >= 0.6 is 0 Å². The van der Waals surface area contributed by atoms with Gasteiger partial charge in [-0.15, -0.1) is 0 Å². The summed E-state index contributed by atoms with van der Waals surface area (Å²) in [5.41, 5.74) is 5.83. The number of hydrogen-bond acceptors (Lipinski definition) is 10. The Morgan fingerprint density at radius 1 is 0.822 bits per heavy atom. The summed E-state index contributed by atoms with van der Waals surface area (Å²) in [6.45, 7) is 4.85. The largest absolute Gasteiger partial charge is 0.504 e. The number of rotatable bonds is 8. The highest BCUT2D eigenvalue weighted by Gasteiger charge is 2.57. The lowest BCUT2D eigenvalue weighted by Gasteiger charge is -2.60. The molecule has 3 aromatic carbocycles. The highest BCUT2D eigenvalue weighted by atomic mass is 16.5. The number of phenols is 2. The predicted octanol–water partition coefficient (Wildman–Crippen LogP) is 4.31. The van der Waals surface area contributed by atoms with Gasteiger partial charge in [0.2, 0.25) is 0 Å². The van der Waals surface area contributed by atoms with Crippen LogP contribution in [0, 0.1) is 25.2 Å². The fourth-order valence-corrected chi connectivity index (χ4v) is 8.36. The Hall–Kier alpha value is -4.17. The zero-order valence-electron chi connectivity index (χ0n) is 27.0. The van der Waals surface area contributed by atoms with E-state index >= 15 is 0 Å². The van der Waals surface area contributed by atoms with Gasteiger partial charge in [-0.3, -0.25) is 9.80 Å². The van der Waals surface area contributed by atoms with Crippen molar-refractivity contribution in [3.63, 3.8) is 0 Å². The van der Waals surface area contributed by atoms with Crippen LogP contribution in [0.2, 0.25) is 0 Å². The lowest BCUT2D eigenvalue weighted by Crippen LogP contribution is -2.68. The highest BCUT2D eigenvalue weighted by Crippen LogP contribution is 2.58. The fourth-order valence-electron chi connectivity index (χ4n) is 8.36. The number of fused-ring (bicyclic) bond motifs is 7. The van der Waals surface area contributed by atoms with E-state index in [1.807, 2.05) is 39.1 Å². The molecule has 10 nitrogen and oxygen atoms in total. The van der Waals surface area contributed by atoms with Gasteiger partial charge in [0.25, 0.3) is 0 Å². The molecule has 45 heavy (non-hydrogen) atoms. The van der Waals surface area contributed by atoms with E-state index in [-0.39, 0.29) is 29.6 Å². The first kappa shape index (κ1) is 30.8. The minimum absolute atomic E-state index is 0.0683. The molecule has 10 heteroatoms. The number of piperazine rings is 1. The Morgan fingerprint density at radius 3 is 1.91 bits per heavy atom. The number of phenolic OH excluding ortho intramolecular Hbond substituents is 2. The van der Waals surface area contributed by atoms with E-state index in [1.165, 1.54) is 0 Å². The van der Waals surface area contributed by atoms with Crippen molar-refractivity contribution < 1.29 is 29.2 Å². The molecule has 0 aliphatic carbocycles. The van der Waals surface area contributed by atoms with Gasteiger partial charge in [0.1, 0.15) is 17.5 Å². The van der Waals surface area contributed by atoms with Crippen molar-refractivity contribution in [2.75, 3.05) is 42.0 Å². The number of nitriles is 1. The number of benzene rings is 3. The first-order chi connectivity index (χ1) is 21.7. The third kappa shape index (κ3) is 4.56. The van der Waals surface area contributed by atoms with Gasteiger partial charge < -0.3 is 34.5 Å². The molecule has 3 N–H and O–H groups in total. The molecule has 238 valence electrons. The van der Waals surface area contributed by atoms with Gasteiger partial charge in [-0.25, -0.2) is 0 Å². The summed E-state index contributed by atoms with van der Waals surface area (Å²) in [6.07, 6.45) is 0.984. The summed E-state index contributed by atoms with van der Waals surface area (Å²) in [5.74, 6) is 2.26. The minimum atomic E-state index is -0.520. The SMILES string of the molecule is COc1c(C)c(OC)c2c(c1O)[C@@H]1[C@@H]3Cc4c(OC)c(C)c(OC)c(O)c4[C@H](CNCc4ccccc4)N3[C@@H](C#N)[C@H](C2)N1C. The molecule has 0 saturated carbocycles. The van der Waals surface area contributed by atoms with Crippen molar-refractivity contribution in [1.29, 1.82) is 5.26 Å². The van der Waals surface area contributed by atoms with Crippen molar-refractivity contribution in [3.8, 4) is 40.6 Å². The van der Waals surface area contributed by atoms with Crippen LogP contribution in [0.3, 0.4) is 0 Å². The number of ether oxygens (including phenoxy) is 4. The second-order valence-electron chi connectivity index (χ2n) is 12.2. The maximum Gasteiger partial charge on any atom is 0.167 e. The summed E-state index contributed by atoms with van der Waals surface area (Å²) in [4.78, 5) is 4.48. The average Bonchev–Trinajstić information content (AvgIpc) is 3.03. The summed E-state index contributed by atoms with van der Waals surface area (Å²) < 4.78 is 23.4. The van der Waals surface area contributed by atoms with Crippen molar-refractivity contribution in [2.24, 2.45) is 0 Å². The Bertz CT molecular complexity index is 1650. The van der Waals surface area contributed by atoms with E-state index in [0.29, 0.717) is 60.1 Å². The third-order valence-electron chi connectivity index (χ3n) is 10.2. The predicted molar refractivity (Wildman–Crippen MR) is 170 cm³/mol. The lowest BCUT2D eigenvalue weighted by molar-refractivity contribution is -0.0729. The van der Waals surface area contributed by atoms with E-state index in [9.17, 15) is 15.5 Å². The second kappa shape index (κ2) is 12.0. The lowest BCUT2D eigenvalue weighted by atomic mass is 9.71. The molecule has 3 heterocycles. The molecule has 3 aromatic rings. The Labute approximate surface area is 264 Å². The van der Waals surface area contributed by atoms with Crippen LogP contribution in [0.5, 0.6) is 34.5 Å². The molecule has 1 saturated heterocycles. The van der Waals surface area contributed by atoms with Crippen LogP contribution < -0.4 is 24.3 Å². The molecule has 0 amide bonds. The zero-order chi connectivity index (χ0) is 32.2. The molecule has 3 aliphatic rings. The van der Waals surface area contributed by atoms with E-state index in [2.05, 4.69) is 33.3 Å². The molecular formula is C35H42N4O6. The molecule has 1 fully saturated rings. The Morgan fingerprint density at radius 2 is 1.36 bits per heavy atom. The molecular weight excluding hydrogens is 572 g/mol. The van der Waals surface area contributed by atoms with Crippen molar-refractivity contribution in [3.05, 3.63) is 69.3 Å². The minimum Gasteiger partial charge on any atom is -0.504 e. The Kier molecular flexibility index (Phi) is 8.20. The quantitative estimate of drug-likeness (QED) is 0.339. The number of likely N-dealkylation sites (N-methyl/N-ethyl adjacent to an activating group) is 1. The zero-order valence-corrected chi connectivity index (χ0v) is 27.0. The van der Waals surface area contributed by atoms with Crippen LogP contribution in [-0.4, -0.2) is 80.2 Å². The fraction of sp³-hybridized carbons (Fsp3) is 0.457. The smallest absolute Gasteiger partial charge is 0.167 e. The van der Waals surface area contributed by atoms with Crippen LogP contribution in [0.4, 0.5) is 0 Å². The Balaban J connectivity index is 1.57. The van der Waals surface area contributed by atoms with E-state index in [0.717, 1.165) is 27.8 Å². The molecule has 2 bridgehead atoms. The van der Waals surface area contributed by atoms with Gasteiger partial charge in [-0.2, -0.15) is 5.26 Å². The van der Waals surface area contributed by atoms with Crippen LogP contribution in [0.1, 0.15) is 51.0 Å². The number of aromatic hydroxyl groups is 2. The molecule has 0 radical (unpaired) electrons. The molecule has 3 aliphatic heterocycles. The number of hydrogen-bond donors (Lipinski definition) is 3. The highest BCUT2D eigenvalue weighted by molar-refractivity contribution is 5.67.